The molecule has 2 atom stereocenters. The number of urea groups is 1. The number of carboxylic acids is 2. The maximum absolute atomic E-state index is 13.6. The lowest BCUT2D eigenvalue weighted by Gasteiger charge is -2.36. The highest BCUT2D eigenvalue weighted by atomic mass is 35.5. The van der Waals surface area contributed by atoms with E-state index in [0.29, 0.717) is 40.4 Å². The third-order valence-corrected chi connectivity index (χ3v) is 7.34. The van der Waals surface area contributed by atoms with E-state index in [-0.39, 0.29) is 25.3 Å². The summed E-state index contributed by atoms with van der Waals surface area (Å²) in [5, 5.41) is 27.3. The smallest absolute Gasteiger partial charge is 0.326 e. The molecule has 43 heavy (non-hydrogen) atoms. The Morgan fingerprint density at radius 3 is 2.16 bits per heavy atom. The molecule has 1 aliphatic heterocycles. The van der Waals surface area contributed by atoms with Crippen molar-refractivity contribution in [3.8, 4) is 0 Å². The van der Waals surface area contributed by atoms with Crippen molar-refractivity contribution in [2.45, 2.75) is 44.7 Å². The first-order valence-electron chi connectivity index (χ1n) is 13.6. The quantitative estimate of drug-likeness (QED) is 0.230. The molecule has 4 amide bonds. The van der Waals surface area contributed by atoms with Gasteiger partial charge >= 0.3 is 18.0 Å². The zero-order valence-corrected chi connectivity index (χ0v) is 24.1. The molecule has 12 heteroatoms. The fourth-order valence-electron chi connectivity index (χ4n) is 4.93. The first-order valence-corrected chi connectivity index (χ1v) is 13.9. The summed E-state index contributed by atoms with van der Waals surface area (Å²) in [6.45, 7) is 1.58. The Labute approximate surface area is 252 Å². The van der Waals surface area contributed by atoms with Gasteiger partial charge in [0.2, 0.25) is 11.8 Å². The lowest BCUT2D eigenvalue weighted by molar-refractivity contribution is -0.144. The molecule has 224 valence electrons. The van der Waals surface area contributed by atoms with Gasteiger partial charge in [-0.05, 0) is 71.5 Å². The van der Waals surface area contributed by atoms with E-state index in [4.69, 9.17) is 16.7 Å². The van der Waals surface area contributed by atoms with Gasteiger partial charge in [0.1, 0.15) is 12.1 Å². The Kier molecular flexibility index (Phi) is 9.99. The molecular weight excluding hydrogens is 576 g/mol. The van der Waals surface area contributed by atoms with Crippen LogP contribution >= 0.6 is 11.6 Å². The van der Waals surface area contributed by atoms with Crippen molar-refractivity contribution >= 4 is 52.8 Å². The second-order valence-electron chi connectivity index (χ2n) is 10.2. The van der Waals surface area contributed by atoms with Crippen molar-refractivity contribution in [1.82, 2.24) is 10.2 Å². The van der Waals surface area contributed by atoms with Crippen LogP contribution in [0.5, 0.6) is 0 Å². The fraction of sp³-hybridized carbons (Fsp3) is 0.258. The molecule has 4 rings (SSSR count). The normalized spacial score (nSPS) is 14.7. The second kappa shape index (κ2) is 13.8. The molecule has 5 N–H and O–H groups in total. The molecule has 0 fully saturated rings. The van der Waals surface area contributed by atoms with Crippen LogP contribution in [0.2, 0.25) is 5.02 Å². The minimum atomic E-state index is -1.27. The molecule has 11 nitrogen and oxygen atoms in total. The zero-order chi connectivity index (χ0) is 31.1. The number of hydrogen-bond acceptors (Lipinski definition) is 5. The summed E-state index contributed by atoms with van der Waals surface area (Å²) in [6, 6.07) is 15.7. The molecule has 1 heterocycles. The minimum Gasteiger partial charge on any atom is -0.481 e. The van der Waals surface area contributed by atoms with Gasteiger partial charge in [-0.1, -0.05) is 41.9 Å². The average Bonchev–Trinajstić information content (AvgIpc) is 2.96. The summed E-state index contributed by atoms with van der Waals surface area (Å²) in [5.74, 6) is -3.12. The third kappa shape index (κ3) is 8.32. The largest absolute Gasteiger partial charge is 0.481 e. The van der Waals surface area contributed by atoms with Crippen LogP contribution in [-0.2, 0) is 38.4 Å². The first kappa shape index (κ1) is 31.0. The van der Waals surface area contributed by atoms with Gasteiger partial charge in [-0.15, -0.1) is 0 Å². The van der Waals surface area contributed by atoms with Crippen molar-refractivity contribution in [2.24, 2.45) is 0 Å². The lowest BCUT2D eigenvalue weighted by atomic mass is 9.91. The van der Waals surface area contributed by atoms with Crippen molar-refractivity contribution < 1.29 is 34.2 Å². The molecular formula is C31H31ClN4O7. The van der Waals surface area contributed by atoms with Crippen LogP contribution in [0.1, 0.15) is 41.6 Å². The van der Waals surface area contributed by atoms with Gasteiger partial charge in [-0.3, -0.25) is 14.4 Å². The van der Waals surface area contributed by atoms with Crippen LogP contribution in [-0.4, -0.2) is 57.5 Å². The fourth-order valence-corrected chi connectivity index (χ4v) is 5.06. The van der Waals surface area contributed by atoms with E-state index in [0.717, 1.165) is 11.1 Å². The van der Waals surface area contributed by atoms with E-state index >= 15 is 0 Å². The molecule has 0 radical (unpaired) electrons. The molecule has 0 bridgehead atoms. The Hall–Kier alpha value is -4.90. The topological polar surface area (TPSA) is 165 Å². The molecule has 0 spiro atoms. The average molecular weight is 607 g/mol. The number of halogens is 1. The van der Waals surface area contributed by atoms with Gasteiger partial charge in [-0.25, -0.2) is 9.59 Å². The van der Waals surface area contributed by atoms with Crippen molar-refractivity contribution in [3.05, 3.63) is 94.0 Å². The maximum Gasteiger partial charge on any atom is 0.326 e. The number of benzene rings is 3. The molecule has 1 aliphatic rings. The summed E-state index contributed by atoms with van der Waals surface area (Å²) in [7, 11) is 0. The van der Waals surface area contributed by atoms with E-state index in [9.17, 15) is 29.1 Å². The van der Waals surface area contributed by atoms with Crippen LogP contribution in [0, 0.1) is 0 Å². The standard InChI is InChI=1S/C31H31ClN4O7/c1-18(37)36-15-14-21-17-24(34-31(43)33-23-9-7-22(32)8-10-23)11-12-25(21)28(36)29(40)35-26(30(41)42)16-20-4-2-19(3-5-20)6-13-27(38)39/h2-5,7-12,17,26,28H,6,13-16H2,1H3,(H,35,40)(H,38,39)(H,41,42)(H2,33,34,43). The lowest BCUT2D eigenvalue weighted by Crippen LogP contribution is -2.51. The highest BCUT2D eigenvalue weighted by Gasteiger charge is 2.36. The van der Waals surface area contributed by atoms with Crippen LogP contribution in [0.4, 0.5) is 16.2 Å². The number of nitrogens with one attached hydrogen (secondary N) is 3. The van der Waals surface area contributed by atoms with Crippen molar-refractivity contribution in [1.29, 1.82) is 0 Å². The maximum atomic E-state index is 13.6. The summed E-state index contributed by atoms with van der Waals surface area (Å²) < 4.78 is 0. The van der Waals surface area contributed by atoms with E-state index in [2.05, 4.69) is 16.0 Å². The first-order chi connectivity index (χ1) is 20.5. The Morgan fingerprint density at radius 1 is 0.907 bits per heavy atom. The molecule has 0 aromatic heterocycles. The monoisotopic (exact) mass is 606 g/mol. The number of anilines is 2. The molecule has 2 unspecified atom stereocenters. The SMILES string of the molecule is CC(=O)N1CCc2cc(NC(=O)Nc3ccc(Cl)cc3)ccc2C1C(=O)NC(Cc1ccc(CCC(=O)O)cc1)C(=O)O. The van der Waals surface area contributed by atoms with E-state index < -0.39 is 36.0 Å². The Bertz CT molecular complexity index is 1530. The van der Waals surface area contributed by atoms with Gasteiger partial charge in [0.05, 0.1) is 0 Å². The van der Waals surface area contributed by atoms with E-state index in [1.54, 1.807) is 66.7 Å². The summed E-state index contributed by atoms with van der Waals surface area (Å²) in [5.41, 5.74) is 3.76. The van der Waals surface area contributed by atoms with Crippen molar-refractivity contribution in [3.63, 3.8) is 0 Å². The highest BCUT2D eigenvalue weighted by Crippen LogP contribution is 2.32. The number of carbonyl (C=O) groups excluding carboxylic acids is 3. The van der Waals surface area contributed by atoms with Crippen LogP contribution < -0.4 is 16.0 Å². The van der Waals surface area contributed by atoms with E-state index in [1.165, 1.54) is 11.8 Å². The van der Waals surface area contributed by atoms with Crippen LogP contribution in [0.25, 0.3) is 0 Å². The van der Waals surface area contributed by atoms with Crippen molar-refractivity contribution in [2.75, 3.05) is 17.2 Å². The highest BCUT2D eigenvalue weighted by molar-refractivity contribution is 6.30. The number of aliphatic carboxylic acids is 2. The number of aryl methyl sites for hydroxylation is 1. The number of hydrogen-bond donors (Lipinski definition) is 5. The van der Waals surface area contributed by atoms with Crippen LogP contribution in [0.3, 0.4) is 0 Å². The number of amides is 4. The summed E-state index contributed by atoms with van der Waals surface area (Å²) >= 11 is 5.89. The molecule has 3 aromatic rings. The number of fused-ring (bicyclic) bond motifs is 1. The number of carbonyl (C=O) groups is 5. The van der Waals surface area contributed by atoms with Gasteiger partial charge < -0.3 is 31.1 Å². The van der Waals surface area contributed by atoms with Gasteiger partial charge in [-0.2, -0.15) is 0 Å². The molecule has 3 aromatic carbocycles. The minimum absolute atomic E-state index is 0.00841. The van der Waals surface area contributed by atoms with Gasteiger partial charge in [0, 0.05) is 42.7 Å². The Morgan fingerprint density at radius 2 is 1.53 bits per heavy atom. The Balaban J connectivity index is 1.48. The zero-order valence-electron chi connectivity index (χ0n) is 23.3. The molecule has 0 saturated heterocycles. The predicted molar refractivity (Wildman–Crippen MR) is 160 cm³/mol. The molecule has 0 aliphatic carbocycles. The van der Waals surface area contributed by atoms with Gasteiger partial charge in [0.15, 0.2) is 0 Å². The molecule has 0 saturated carbocycles. The number of nitrogens with zero attached hydrogens (tertiary/aromatic N) is 1. The third-order valence-electron chi connectivity index (χ3n) is 7.09. The summed E-state index contributed by atoms with van der Waals surface area (Å²) in [6.07, 6.45) is 0.757. The number of rotatable bonds is 10. The predicted octanol–water partition coefficient (Wildman–Crippen LogP) is 4.26. The van der Waals surface area contributed by atoms with E-state index in [1.807, 2.05) is 0 Å². The summed E-state index contributed by atoms with van der Waals surface area (Å²) in [4.78, 5) is 62.9. The number of carboxylic acid groups (broad SMARTS) is 2. The second-order valence-corrected chi connectivity index (χ2v) is 10.6. The van der Waals surface area contributed by atoms with Crippen LogP contribution in [0.15, 0.2) is 66.7 Å². The van der Waals surface area contributed by atoms with Gasteiger partial charge in [0.25, 0.3) is 0 Å².